The van der Waals surface area contributed by atoms with E-state index in [2.05, 4.69) is 63.6 Å². The van der Waals surface area contributed by atoms with E-state index in [0.29, 0.717) is 12.5 Å². The van der Waals surface area contributed by atoms with Crippen LogP contribution in [0.25, 0.3) is 10.9 Å². The second-order valence-corrected chi connectivity index (χ2v) is 7.62. The number of anilines is 1. The highest BCUT2D eigenvalue weighted by molar-refractivity contribution is 7.98. The minimum Gasteiger partial charge on any atom is -0.356 e. The van der Waals surface area contributed by atoms with E-state index >= 15 is 0 Å². The second kappa shape index (κ2) is 7.64. The number of piperidine rings is 1. The third-order valence-electron chi connectivity index (χ3n) is 5.33. The molecule has 1 fully saturated rings. The van der Waals surface area contributed by atoms with Crippen molar-refractivity contribution >= 4 is 28.5 Å². The summed E-state index contributed by atoms with van der Waals surface area (Å²) in [6.45, 7) is 2.64. The van der Waals surface area contributed by atoms with E-state index in [-0.39, 0.29) is 0 Å². The maximum atomic E-state index is 5.94. The van der Waals surface area contributed by atoms with Crippen molar-refractivity contribution in [3.05, 3.63) is 59.9 Å². The second-order valence-electron chi connectivity index (χ2n) is 6.74. The standard InChI is InChI=1S/C21H24N4S/c1-26-17-6-7-20-19(12-17)21(24-14-23-20)25-10-8-15(9-11-25)18-5-3-2-4-16(18)13-22/h2-7,12,14-15H,8-11,13,22H2,1H3. The number of hydrogen-bond donors (Lipinski definition) is 1. The Balaban J connectivity index is 1.58. The smallest absolute Gasteiger partial charge is 0.139 e. The third-order valence-corrected chi connectivity index (χ3v) is 6.06. The third kappa shape index (κ3) is 3.29. The fourth-order valence-corrected chi connectivity index (χ4v) is 4.36. The molecule has 0 radical (unpaired) electrons. The highest BCUT2D eigenvalue weighted by Crippen LogP contribution is 2.34. The summed E-state index contributed by atoms with van der Waals surface area (Å²) < 4.78 is 0. The Morgan fingerprint density at radius 2 is 1.92 bits per heavy atom. The summed E-state index contributed by atoms with van der Waals surface area (Å²) in [5.74, 6) is 1.65. The topological polar surface area (TPSA) is 55.0 Å². The van der Waals surface area contributed by atoms with Crippen LogP contribution in [0.15, 0.2) is 53.7 Å². The number of rotatable bonds is 4. The molecular formula is C21H24N4S. The lowest BCUT2D eigenvalue weighted by Crippen LogP contribution is -2.34. The summed E-state index contributed by atoms with van der Waals surface area (Å²) in [5, 5.41) is 1.15. The normalized spacial score (nSPS) is 15.5. The molecule has 0 atom stereocenters. The molecule has 4 rings (SSSR count). The summed E-state index contributed by atoms with van der Waals surface area (Å²) in [6.07, 6.45) is 6.05. The van der Waals surface area contributed by atoms with Gasteiger partial charge in [-0.15, -0.1) is 11.8 Å². The minimum absolute atomic E-state index is 0.584. The molecule has 2 N–H and O–H groups in total. The van der Waals surface area contributed by atoms with Crippen LogP contribution in [0.2, 0.25) is 0 Å². The van der Waals surface area contributed by atoms with Crippen molar-refractivity contribution in [1.29, 1.82) is 0 Å². The molecule has 1 aliphatic heterocycles. The lowest BCUT2D eigenvalue weighted by Gasteiger charge is -2.34. The summed E-state index contributed by atoms with van der Waals surface area (Å²) >= 11 is 1.75. The first-order chi connectivity index (χ1) is 12.8. The summed E-state index contributed by atoms with van der Waals surface area (Å²) in [7, 11) is 0. The van der Waals surface area contributed by atoms with Gasteiger partial charge in [0.1, 0.15) is 12.1 Å². The van der Waals surface area contributed by atoms with Crippen LogP contribution in [0.1, 0.15) is 29.9 Å². The van der Waals surface area contributed by atoms with Crippen LogP contribution in [-0.4, -0.2) is 29.3 Å². The van der Waals surface area contributed by atoms with Gasteiger partial charge in [-0.1, -0.05) is 24.3 Å². The fourth-order valence-electron chi connectivity index (χ4n) is 3.92. The average molecular weight is 365 g/mol. The monoisotopic (exact) mass is 364 g/mol. The molecule has 2 heterocycles. The van der Waals surface area contributed by atoms with Gasteiger partial charge >= 0.3 is 0 Å². The van der Waals surface area contributed by atoms with Crippen molar-refractivity contribution in [3.63, 3.8) is 0 Å². The molecule has 0 unspecified atom stereocenters. The maximum absolute atomic E-state index is 5.94. The molecule has 134 valence electrons. The number of nitrogens with zero attached hydrogens (tertiary/aromatic N) is 3. The van der Waals surface area contributed by atoms with Gasteiger partial charge in [0.2, 0.25) is 0 Å². The Morgan fingerprint density at radius 3 is 2.69 bits per heavy atom. The van der Waals surface area contributed by atoms with Gasteiger partial charge in [-0.05, 0) is 54.3 Å². The van der Waals surface area contributed by atoms with Crippen molar-refractivity contribution in [3.8, 4) is 0 Å². The number of fused-ring (bicyclic) bond motifs is 1. The van der Waals surface area contributed by atoms with Gasteiger partial charge < -0.3 is 10.6 Å². The van der Waals surface area contributed by atoms with Gasteiger partial charge in [-0.3, -0.25) is 0 Å². The zero-order chi connectivity index (χ0) is 17.9. The van der Waals surface area contributed by atoms with Crippen LogP contribution in [0.3, 0.4) is 0 Å². The van der Waals surface area contributed by atoms with Crippen molar-refractivity contribution in [1.82, 2.24) is 9.97 Å². The van der Waals surface area contributed by atoms with E-state index in [4.69, 9.17) is 5.73 Å². The minimum atomic E-state index is 0.584. The number of hydrogen-bond acceptors (Lipinski definition) is 5. The Morgan fingerprint density at radius 1 is 1.12 bits per heavy atom. The Bertz CT molecular complexity index is 903. The number of aromatic nitrogens is 2. The van der Waals surface area contributed by atoms with E-state index in [9.17, 15) is 0 Å². The first-order valence-electron chi connectivity index (χ1n) is 9.11. The largest absolute Gasteiger partial charge is 0.356 e. The van der Waals surface area contributed by atoms with Crippen LogP contribution in [0.4, 0.5) is 5.82 Å². The molecular weight excluding hydrogens is 340 g/mol. The summed E-state index contributed by atoms with van der Waals surface area (Å²) in [6, 6.07) is 15.0. The van der Waals surface area contributed by atoms with Crippen LogP contribution in [0, 0.1) is 0 Å². The number of benzene rings is 2. The lowest BCUT2D eigenvalue weighted by molar-refractivity contribution is 0.500. The first-order valence-corrected chi connectivity index (χ1v) is 10.3. The summed E-state index contributed by atoms with van der Waals surface area (Å²) in [5.41, 5.74) is 9.66. The van der Waals surface area contributed by atoms with Gasteiger partial charge in [0, 0.05) is 29.9 Å². The van der Waals surface area contributed by atoms with Crippen molar-refractivity contribution in [2.45, 2.75) is 30.2 Å². The first kappa shape index (κ1) is 17.3. The molecule has 1 aromatic heterocycles. The average Bonchev–Trinajstić information content (AvgIpc) is 2.73. The zero-order valence-electron chi connectivity index (χ0n) is 15.1. The SMILES string of the molecule is CSc1ccc2ncnc(N3CCC(c4ccccc4CN)CC3)c2c1. The molecule has 0 saturated carbocycles. The number of thioether (sulfide) groups is 1. The molecule has 0 aliphatic carbocycles. The van der Waals surface area contributed by atoms with E-state index in [1.807, 2.05) is 0 Å². The molecule has 0 bridgehead atoms. The van der Waals surface area contributed by atoms with Crippen LogP contribution in [0.5, 0.6) is 0 Å². The van der Waals surface area contributed by atoms with Crippen molar-refractivity contribution < 1.29 is 0 Å². The molecule has 5 heteroatoms. The van der Waals surface area contributed by atoms with Crippen LogP contribution in [-0.2, 0) is 6.54 Å². The molecule has 2 aromatic carbocycles. The molecule has 4 nitrogen and oxygen atoms in total. The Labute approximate surface area is 158 Å². The Hall–Kier alpha value is -2.11. The molecule has 1 saturated heterocycles. The van der Waals surface area contributed by atoms with Crippen molar-refractivity contribution in [2.75, 3.05) is 24.2 Å². The van der Waals surface area contributed by atoms with Crippen LogP contribution >= 0.6 is 11.8 Å². The van der Waals surface area contributed by atoms with Crippen LogP contribution < -0.4 is 10.6 Å². The van der Waals surface area contributed by atoms with E-state index in [1.54, 1.807) is 18.1 Å². The summed E-state index contributed by atoms with van der Waals surface area (Å²) in [4.78, 5) is 12.7. The highest BCUT2D eigenvalue weighted by atomic mass is 32.2. The van der Waals surface area contributed by atoms with E-state index in [0.717, 1.165) is 42.7 Å². The molecule has 0 spiro atoms. The van der Waals surface area contributed by atoms with E-state index < -0.39 is 0 Å². The van der Waals surface area contributed by atoms with E-state index in [1.165, 1.54) is 16.0 Å². The van der Waals surface area contributed by atoms with Gasteiger partial charge in [-0.25, -0.2) is 9.97 Å². The van der Waals surface area contributed by atoms with Crippen molar-refractivity contribution in [2.24, 2.45) is 5.73 Å². The molecule has 3 aromatic rings. The highest BCUT2D eigenvalue weighted by Gasteiger charge is 2.24. The van der Waals surface area contributed by atoms with Gasteiger partial charge in [0.25, 0.3) is 0 Å². The van der Waals surface area contributed by atoms with Gasteiger partial charge in [0.15, 0.2) is 0 Å². The predicted octanol–water partition coefficient (Wildman–Crippen LogP) is 4.19. The quantitative estimate of drug-likeness (QED) is 0.703. The van der Waals surface area contributed by atoms with Gasteiger partial charge in [-0.2, -0.15) is 0 Å². The molecule has 26 heavy (non-hydrogen) atoms. The maximum Gasteiger partial charge on any atom is 0.139 e. The number of nitrogens with two attached hydrogens (primary N) is 1. The molecule has 1 aliphatic rings. The van der Waals surface area contributed by atoms with Gasteiger partial charge in [0.05, 0.1) is 5.52 Å². The lowest BCUT2D eigenvalue weighted by atomic mass is 9.86. The predicted molar refractivity (Wildman–Crippen MR) is 110 cm³/mol. The zero-order valence-corrected chi connectivity index (χ0v) is 15.9. The molecule has 0 amide bonds. The Kier molecular flexibility index (Phi) is 5.09. The fraction of sp³-hybridized carbons (Fsp3) is 0.333.